The van der Waals surface area contributed by atoms with Crippen LogP contribution in [0.3, 0.4) is 0 Å². The Hall–Kier alpha value is -7.40. The maximum Gasteiger partial charge on any atom is 0.179 e. The predicted octanol–water partition coefficient (Wildman–Crippen LogP) is 11.5. The molecule has 0 fully saturated rings. The third kappa shape index (κ3) is 4.94. The molecule has 12 aromatic rings. The van der Waals surface area contributed by atoms with E-state index < -0.39 is 8.07 Å². The summed E-state index contributed by atoms with van der Waals surface area (Å²) in [5, 5.41) is 12.5. The molecule has 3 nitrogen and oxygen atoms in total. The van der Waals surface area contributed by atoms with Crippen LogP contribution in [-0.2, 0) is 0 Å². The Bertz CT molecular complexity index is 3520. The van der Waals surface area contributed by atoms with Gasteiger partial charge in [-0.15, -0.1) is 0 Å². The Balaban J connectivity index is 1.10. The number of nitrogens with zero attached hydrogens (tertiary/aromatic N) is 2. The lowest BCUT2D eigenvalue weighted by Gasteiger charge is -2.35. The molecule has 0 aliphatic heterocycles. The van der Waals surface area contributed by atoms with Crippen LogP contribution in [0.15, 0.2) is 217 Å². The highest BCUT2D eigenvalue weighted by molar-refractivity contribution is 7.19. The number of rotatable bonds is 6. The molecule has 0 N–H and O–H groups in total. The van der Waals surface area contributed by atoms with Gasteiger partial charge in [0.1, 0.15) is 11.2 Å². The molecule has 278 valence electrons. The number of para-hydroxylation sites is 3. The van der Waals surface area contributed by atoms with Gasteiger partial charge in [-0.1, -0.05) is 151 Å². The smallest absolute Gasteiger partial charge is 0.179 e. The van der Waals surface area contributed by atoms with E-state index in [9.17, 15) is 0 Å². The van der Waals surface area contributed by atoms with E-state index in [1.165, 1.54) is 59.2 Å². The SMILES string of the molecule is Cc1ccc2c(c1)c1ccccc1n2-c1cccc([Si](c2ccccc2)(c2ccccc2)c2ccc(-n3c4ccccc4c4c5oc6ccccc6c5ccc43)cc2)c1. The van der Waals surface area contributed by atoms with Gasteiger partial charge in [0.15, 0.2) is 8.07 Å². The molecule has 59 heavy (non-hydrogen) atoms. The van der Waals surface area contributed by atoms with Crippen LogP contribution < -0.4 is 20.7 Å². The van der Waals surface area contributed by atoms with Gasteiger partial charge in [-0.25, -0.2) is 0 Å². The summed E-state index contributed by atoms with van der Waals surface area (Å²) in [6, 6.07) is 78.5. The zero-order chi connectivity index (χ0) is 39.1. The maximum absolute atomic E-state index is 6.61. The molecule has 0 spiro atoms. The molecule has 0 bridgehead atoms. The van der Waals surface area contributed by atoms with Gasteiger partial charge in [-0.2, -0.15) is 0 Å². The largest absolute Gasteiger partial charge is 0.455 e. The molecule has 0 saturated heterocycles. The summed E-state index contributed by atoms with van der Waals surface area (Å²) in [7, 11) is -2.90. The van der Waals surface area contributed by atoms with Crippen LogP contribution >= 0.6 is 0 Å². The molecule has 12 rings (SSSR count). The van der Waals surface area contributed by atoms with Crippen molar-refractivity contribution in [2.45, 2.75) is 6.92 Å². The number of aromatic nitrogens is 2. The maximum atomic E-state index is 6.61. The minimum atomic E-state index is -2.90. The van der Waals surface area contributed by atoms with Gasteiger partial charge in [-0.05, 0) is 94.4 Å². The van der Waals surface area contributed by atoms with E-state index in [4.69, 9.17) is 4.42 Å². The molecule has 3 aromatic heterocycles. The van der Waals surface area contributed by atoms with Gasteiger partial charge in [0.25, 0.3) is 0 Å². The number of benzene rings is 9. The fourth-order valence-electron chi connectivity index (χ4n) is 9.99. The fraction of sp³-hybridized carbons (Fsp3) is 0.0182. The van der Waals surface area contributed by atoms with Crippen LogP contribution in [-0.4, -0.2) is 17.2 Å². The summed E-state index contributed by atoms with van der Waals surface area (Å²) >= 11 is 0. The Kier molecular flexibility index (Phi) is 7.47. The second kappa shape index (κ2) is 13.1. The number of fused-ring (bicyclic) bond motifs is 10. The van der Waals surface area contributed by atoms with Gasteiger partial charge < -0.3 is 13.6 Å². The van der Waals surface area contributed by atoms with Crippen LogP contribution in [0.4, 0.5) is 0 Å². The van der Waals surface area contributed by atoms with Crippen molar-refractivity contribution >= 4 is 94.4 Å². The topological polar surface area (TPSA) is 23.0 Å². The zero-order valence-corrected chi connectivity index (χ0v) is 33.5. The summed E-state index contributed by atoms with van der Waals surface area (Å²) in [6.45, 7) is 2.18. The molecule has 0 unspecified atom stereocenters. The van der Waals surface area contributed by atoms with Crippen LogP contribution in [0.2, 0.25) is 0 Å². The first-order valence-corrected chi connectivity index (χ1v) is 22.3. The highest BCUT2D eigenvalue weighted by Gasteiger charge is 2.41. The van der Waals surface area contributed by atoms with E-state index >= 15 is 0 Å². The van der Waals surface area contributed by atoms with Crippen LogP contribution in [0.1, 0.15) is 5.56 Å². The van der Waals surface area contributed by atoms with E-state index in [2.05, 4.69) is 222 Å². The normalized spacial score (nSPS) is 12.2. The first-order chi connectivity index (χ1) is 29.2. The standard InChI is InChI=1S/C55H38N2OSi/c1-37-27-33-51-48(35-37)44-21-8-11-24-49(44)57(51)39-15-14-20-43(36-39)59(40-16-4-2-5-17-40,41-18-6-3-7-19-41)42-30-28-38(29-31-42)56-50-25-12-9-23-47(50)54-52(56)34-32-46-45-22-10-13-26-53(45)58-55(46)54/h2-36H,1H3. The Labute approximate surface area is 342 Å². The third-order valence-corrected chi connectivity index (χ3v) is 17.3. The lowest BCUT2D eigenvalue weighted by atomic mass is 10.1. The molecular formula is C55H38N2OSi. The Morgan fingerprint density at radius 3 is 1.66 bits per heavy atom. The minimum absolute atomic E-state index is 0.914. The number of furan rings is 1. The molecule has 3 heterocycles. The zero-order valence-electron chi connectivity index (χ0n) is 32.5. The van der Waals surface area contributed by atoms with Crippen molar-refractivity contribution in [3.05, 3.63) is 218 Å². The first kappa shape index (κ1) is 33.7. The minimum Gasteiger partial charge on any atom is -0.455 e. The van der Waals surface area contributed by atoms with Crippen molar-refractivity contribution < 1.29 is 4.42 Å². The molecule has 4 heteroatoms. The fourth-order valence-corrected chi connectivity index (χ4v) is 14.8. The van der Waals surface area contributed by atoms with Gasteiger partial charge in [0.05, 0.1) is 27.5 Å². The summed E-state index contributed by atoms with van der Waals surface area (Å²) in [5.74, 6) is 0. The van der Waals surface area contributed by atoms with Crippen molar-refractivity contribution in [3.63, 3.8) is 0 Å². The van der Waals surface area contributed by atoms with Crippen LogP contribution in [0.5, 0.6) is 0 Å². The molecule has 0 aliphatic rings. The summed E-state index contributed by atoms with van der Waals surface area (Å²) in [4.78, 5) is 0. The van der Waals surface area contributed by atoms with Crippen molar-refractivity contribution in [3.8, 4) is 11.4 Å². The van der Waals surface area contributed by atoms with E-state index in [-0.39, 0.29) is 0 Å². The monoisotopic (exact) mass is 770 g/mol. The van der Waals surface area contributed by atoms with Crippen LogP contribution in [0, 0.1) is 6.92 Å². The molecule has 0 atom stereocenters. The van der Waals surface area contributed by atoms with E-state index in [0.29, 0.717) is 0 Å². The van der Waals surface area contributed by atoms with Gasteiger partial charge in [0.2, 0.25) is 0 Å². The van der Waals surface area contributed by atoms with E-state index in [1.54, 1.807) is 0 Å². The average Bonchev–Trinajstić information content (AvgIpc) is 3.95. The summed E-state index contributed by atoms with van der Waals surface area (Å²) in [5.41, 5.74) is 10.1. The molecule has 0 radical (unpaired) electrons. The highest BCUT2D eigenvalue weighted by Crippen LogP contribution is 2.40. The number of aryl methyl sites for hydroxylation is 1. The molecular weight excluding hydrogens is 733 g/mol. The van der Waals surface area contributed by atoms with Gasteiger partial charge in [-0.3, -0.25) is 0 Å². The van der Waals surface area contributed by atoms with Gasteiger partial charge >= 0.3 is 0 Å². The number of hydrogen-bond acceptors (Lipinski definition) is 1. The van der Waals surface area contributed by atoms with Crippen LogP contribution in [0.25, 0.3) is 76.9 Å². The quantitative estimate of drug-likeness (QED) is 0.122. The molecule has 0 aliphatic carbocycles. The van der Waals surface area contributed by atoms with Crippen molar-refractivity contribution in [1.82, 2.24) is 9.13 Å². The van der Waals surface area contributed by atoms with E-state index in [0.717, 1.165) is 44.0 Å². The van der Waals surface area contributed by atoms with Crippen molar-refractivity contribution in [2.24, 2.45) is 0 Å². The lowest BCUT2D eigenvalue weighted by Crippen LogP contribution is -2.74. The van der Waals surface area contributed by atoms with E-state index in [1.807, 2.05) is 6.07 Å². The Morgan fingerprint density at radius 1 is 0.356 bits per heavy atom. The predicted molar refractivity (Wildman–Crippen MR) is 251 cm³/mol. The second-order valence-electron chi connectivity index (χ2n) is 15.7. The molecule has 0 saturated carbocycles. The average molecular weight is 771 g/mol. The van der Waals surface area contributed by atoms with Crippen molar-refractivity contribution in [1.29, 1.82) is 0 Å². The number of hydrogen-bond donors (Lipinski definition) is 0. The third-order valence-electron chi connectivity index (χ3n) is 12.5. The summed E-state index contributed by atoms with van der Waals surface area (Å²) in [6.07, 6.45) is 0. The summed E-state index contributed by atoms with van der Waals surface area (Å²) < 4.78 is 11.5. The van der Waals surface area contributed by atoms with Gasteiger partial charge in [0, 0.05) is 38.3 Å². The molecule has 0 amide bonds. The Morgan fingerprint density at radius 2 is 0.915 bits per heavy atom. The molecule has 9 aromatic carbocycles. The highest BCUT2D eigenvalue weighted by atomic mass is 28.3. The first-order valence-electron chi connectivity index (χ1n) is 20.3. The lowest BCUT2D eigenvalue weighted by molar-refractivity contribution is 0.673. The second-order valence-corrected chi connectivity index (χ2v) is 19.5. The van der Waals surface area contributed by atoms with Crippen molar-refractivity contribution in [2.75, 3.05) is 0 Å².